The SMILES string of the molecule is CC1(C)c2ccc(-c3ccc4oc5ccc(-c6c7ccccc7c(-c7cccc(-c8cccc9c8oc8ccccc89)c7)c7ccccc67)cc5c4c3)cc2-c2ccc3ccccc3c21. The molecule has 0 saturated heterocycles. The Morgan fingerprint density at radius 3 is 1.58 bits per heavy atom. The lowest BCUT2D eigenvalue weighted by Gasteiger charge is -2.23. The summed E-state index contributed by atoms with van der Waals surface area (Å²) in [5.74, 6) is 0. The fourth-order valence-electron chi connectivity index (χ4n) is 11.5. The van der Waals surface area contributed by atoms with E-state index in [-0.39, 0.29) is 5.41 Å². The largest absolute Gasteiger partial charge is 0.456 e. The Hall–Kier alpha value is -8.20. The van der Waals surface area contributed by atoms with Crippen molar-refractivity contribution in [2.75, 3.05) is 0 Å². The lowest BCUT2D eigenvalue weighted by molar-refractivity contribution is 0.666. The van der Waals surface area contributed by atoms with Crippen molar-refractivity contribution in [2.45, 2.75) is 19.3 Å². The lowest BCUT2D eigenvalue weighted by atomic mass is 9.80. The highest BCUT2D eigenvalue weighted by Crippen LogP contribution is 2.53. The molecule has 304 valence electrons. The van der Waals surface area contributed by atoms with Gasteiger partial charge in [-0.05, 0) is 136 Å². The third-order valence-electron chi connectivity index (χ3n) is 14.4. The van der Waals surface area contributed by atoms with Crippen LogP contribution < -0.4 is 0 Å². The Morgan fingerprint density at radius 2 is 0.846 bits per heavy atom. The van der Waals surface area contributed by atoms with Gasteiger partial charge in [0.2, 0.25) is 0 Å². The van der Waals surface area contributed by atoms with E-state index in [0.717, 1.165) is 55.0 Å². The zero-order valence-electron chi connectivity index (χ0n) is 35.9. The van der Waals surface area contributed by atoms with Crippen molar-refractivity contribution in [3.8, 4) is 55.6 Å². The summed E-state index contributed by atoms with van der Waals surface area (Å²) >= 11 is 0. The molecule has 2 heteroatoms. The Kier molecular flexibility index (Phi) is 7.49. The van der Waals surface area contributed by atoms with Crippen molar-refractivity contribution in [3.05, 3.63) is 217 Å². The average Bonchev–Trinajstić information content (AvgIpc) is 4.00. The average molecular weight is 829 g/mol. The quantitative estimate of drug-likeness (QED) is 0.165. The van der Waals surface area contributed by atoms with Crippen LogP contribution in [0.15, 0.2) is 215 Å². The van der Waals surface area contributed by atoms with Crippen LogP contribution in [-0.2, 0) is 5.41 Å². The van der Waals surface area contributed by atoms with E-state index < -0.39 is 0 Å². The molecule has 11 aromatic carbocycles. The van der Waals surface area contributed by atoms with Gasteiger partial charge < -0.3 is 8.83 Å². The molecule has 1 aliphatic carbocycles. The van der Waals surface area contributed by atoms with Gasteiger partial charge in [0, 0.05) is 32.5 Å². The fourth-order valence-corrected chi connectivity index (χ4v) is 11.5. The summed E-state index contributed by atoms with van der Waals surface area (Å²) in [6.45, 7) is 4.74. The summed E-state index contributed by atoms with van der Waals surface area (Å²) in [5, 5.41) is 12.0. The number of rotatable bonds is 4. The summed E-state index contributed by atoms with van der Waals surface area (Å²) in [7, 11) is 0. The highest BCUT2D eigenvalue weighted by Gasteiger charge is 2.37. The molecule has 0 bridgehead atoms. The monoisotopic (exact) mass is 828 g/mol. The van der Waals surface area contributed by atoms with Gasteiger partial charge in [-0.25, -0.2) is 0 Å². The van der Waals surface area contributed by atoms with Gasteiger partial charge in [-0.1, -0.05) is 178 Å². The molecule has 0 fully saturated rings. The van der Waals surface area contributed by atoms with Gasteiger partial charge in [-0.2, -0.15) is 0 Å². The van der Waals surface area contributed by atoms with Crippen LogP contribution in [0.3, 0.4) is 0 Å². The summed E-state index contributed by atoms with van der Waals surface area (Å²) in [6, 6.07) is 75.4. The number of benzene rings is 11. The smallest absolute Gasteiger partial charge is 0.143 e. The highest BCUT2D eigenvalue weighted by atomic mass is 16.3. The van der Waals surface area contributed by atoms with E-state index in [1.54, 1.807) is 0 Å². The molecule has 0 unspecified atom stereocenters. The molecule has 14 rings (SSSR count). The Labute approximate surface area is 375 Å². The minimum Gasteiger partial charge on any atom is -0.456 e. The molecule has 0 spiro atoms. The third kappa shape index (κ3) is 5.23. The third-order valence-corrected chi connectivity index (χ3v) is 14.4. The van der Waals surface area contributed by atoms with E-state index in [4.69, 9.17) is 8.83 Å². The zero-order chi connectivity index (χ0) is 43.0. The van der Waals surface area contributed by atoms with Gasteiger partial charge >= 0.3 is 0 Å². The van der Waals surface area contributed by atoms with Gasteiger partial charge in [-0.3, -0.25) is 0 Å². The van der Waals surface area contributed by atoms with Gasteiger partial charge in [0.05, 0.1) is 0 Å². The Balaban J connectivity index is 0.913. The van der Waals surface area contributed by atoms with Crippen molar-refractivity contribution in [1.82, 2.24) is 0 Å². The van der Waals surface area contributed by atoms with Crippen LogP contribution >= 0.6 is 0 Å². The lowest BCUT2D eigenvalue weighted by Crippen LogP contribution is -2.15. The topological polar surface area (TPSA) is 26.3 Å². The maximum Gasteiger partial charge on any atom is 0.143 e. The standard InChI is InChI=1S/C63H40O2/c1-63(2)55-30-26-38(34-52(55)50-29-25-37-13-3-4-16-43(37)61(50)63)39-27-31-57-53(35-39)54-36-42(28-32-58(54)64-57)60-48-20-7-5-18-46(48)59(47-19-6-8-21-49(47)60)41-15-11-14-40(33-41)44-22-12-23-51-45-17-9-10-24-56(45)65-62(44)51/h3-36H,1-2H3. The van der Waals surface area contributed by atoms with E-state index in [9.17, 15) is 0 Å². The molecule has 0 atom stereocenters. The maximum atomic E-state index is 6.56. The molecule has 2 heterocycles. The summed E-state index contributed by atoms with van der Waals surface area (Å²) in [4.78, 5) is 0. The normalized spacial score (nSPS) is 13.2. The first-order chi connectivity index (χ1) is 32.0. The number of hydrogen-bond acceptors (Lipinski definition) is 2. The summed E-state index contributed by atoms with van der Waals surface area (Å²) in [5.41, 5.74) is 18.4. The van der Waals surface area contributed by atoms with Crippen molar-refractivity contribution in [2.24, 2.45) is 0 Å². The first-order valence-corrected chi connectivity index (χ1v) is 22.6. The molecule has 2 aromatic heterocycles. The molecular formula is C63H40O2. The number of hydrogen-bond donors (Lipinski definition) is 0. The maximum absolute atomic E-state index is 6.56. The summed E-state index contributed by atoms with van der Waals surface area (Å²) < 4.78 is 13.1. The van der Waals surface area contributed by atoms with Gasteiger partial charge in [0.15, 0.2) is 0 Å². The van der Waals surface area contributed by atoms with Gasteiger partial charge in [0.25, 0.3) is 0 Å². The molecule has 0 radical (unpaired) electrons. The van der Waals surface area contributed by atoms with Gasteiger partial charge in [0.1, 0.15) is 22.3 Å². The van der Waals surface area contributed by atoms with Crippen LogP contribution in [0.25, 0.3) is 132 Å². The Bertz CT molecular complexity index is 4100. The van der Waals surface area contributed by atoms with Crippen molar-refractivity contribution in [3.63, 3.8) is 0 Å². The number of para-hydroxylation sites is 2. The fraction of sp³-hybridized carbons (Fsp3) is 0.0476. The second-order valence-electron chi connectivity index (χ2n) is 18.3. The summed E-state index contributed by atoms with van der Waals surface area (Å²) in [6.07, 6.45) is 0. The number of fused-ring (bicyclic) bond motifs is 13. The Morgan fingerprint density at radius 1 is 0.308 bits per heavy atom. The second-order valence-corrected chi connectivity index (χ2v) is 18.3. The first kappa shape index (κ1) is 36.3. The van der Waals surface area contributed by atoms with E-state index in [2.05, 4.69) is 214 Å². The first-order valence-electron chi connectivity index (χ1n) is 22.6. The van der Waals surface area contributed by atoms with Crippen LogP contribution in [-0.4, -0.2) is 0 Å². The second kappa shape index (κ2) is 13.4. The predicted molar refractivity (Wildman–Crippen MR) is 273 cm³/mol. The van der Waals surface area contributed by atoms with E-state index in [1.807, 2.05) is 6.07 Å². The minimum atomic E-state index is -0.0901. The van der Waals surface area contributed by atoms with E-state index in [1.165, 1.54) is 88.0 Å². The van der Waals surface area contributed by atoms with Crippen LogP contribution in [0.5, 0.6) is 0 Å². The minimum absolute atomic E-state index is 0.0901. The molecule has 0 saturated carbocycles. The van der Waals surface area contributed by atoms with Gasteiger partial charge in [-0.15, -0.1) is 0 Å². The van der Waals surface area contributed by atoms with Crippen LogP contribution in [0, 0.1) is 0 Å². The van der Waals surface area contributed by atoms with Crippen molar-refractivity contribution < 1.29 is 8.83 Å². The molecule has 2 nitrogen and oxygen atoms in total. The van der Waals surface area contributed by atoms with Crippen molar-refractivity contribution in [1.29, 1.82) is 0 Å². The van der Waals surface area contributed by atoms with E-state index in [0.29, 0.717) is 0 Å². The molecule has 0 N–H and O–H groups in total. The van der Waals surface area contributed by atoms with Crippen LogP contribution in [0.2, 0.25) is 0 Å². The van der Waals surface area contributed by atoms with Crippen LogP contribution in [0.1, 0.15) is 25.0 Å². The molecule has 13 aromatic rings. The molecule has 1 aliphatic rings. The predicted octanol–water partition coefficient (Wildman–Crippen LogP) is 17.9. The molecule has 65 heavy (non-hydrogen) atoms. The van der Waals surface area contributed by atoms with Crippen molar-refractivity contribution >= 4 is 76.2 Å². The zero-order valence-corrected chi connectivity index (χ0v) is 35.9. The molecule has 0 aliphatic heterocycles. The highest BCUT2D eigenvalue weighted by molar-refractivity contribution is 6.22. The number of furan rings is 2. The molecular weight excluding hydrogens is 789 g/mol. The molecule has 0 amide bonds. The van der Waals surface area contributed by atoms with Crippen LogP contribution in [0.4, 0.5) is 0 Å². The van der Waals surface area contributed by atoms with E-state index >= 15 is 0 Å².